The summed E-state index contributed by atoms with van der Waals surface area (Å²) in [6.45, 7) is 0.666. The Balaban J connectivity index is 1.63. The minimum Gasteiger partial charge on any atom is -0.340 e. The molecule has 0 saturated carbocycles. The average molecular weight is 331 g/mol. The molecule has 0 spiro atoms. The van der Waals surface area contributed by atoms with E-state index in [9.17, 15) is 4.79 Å². The third-order valence-electron chi connectivity index (χ3n) is 3.47. The SMILES string of the molecule is CN(Cc1cccs1)C(=O)CSc1nc2ccccc2n1C. The average Bonchev–Trinajstić information content (AvgIpc) is 3.13. The molecule has 114 valence electrons. The molecule has 0 atom stereocenters. The van der Waals surface area contributed by atoms with E-state index in [0.717, 1.165) is 16.2 Å². The van der Waals surface area contributed by atoms with E-state index < -0.39 is 0 Å². The maximum Gasteiger partial charge on any atom is 0.233 e. The Hall–Kier alpha value is -1.79. The fraction of sp³-hybridized carbons (Fsp3) is 0.250. The monoisotopic (exact) mass is 331 g/mol. The first-order valence-electron chi connectivity index (χ1n) is 6.96. The molecule has 2 aromatic heterocycles. The van der Waals surface area contributed by atoms with Gasteiger partial charge in [-0.15, -0.1) is 11.3 Å². The Labute approximate surface area is 137 Å². The predicted molar refractivity (Wildman–Crippen MR) is 92.2 cm³/mol. The van der Waals surface area contributed by atoms with Crippen LogP contribution < -0.4 is 0 Å². The molecule has 1 aromatic carbocycles. The quantitative estimate of drug-likeness (QED) is 0.673. The Bertz CT molecular complexity index is 780. The molecule has 0 unspecified atom stereocenters. The van der Waals surface area contributed by atoms with E-state index in [2.05, 4.69) is 4.98 Å². The third-order valence-corrected chi connectivity index (χ3v) is 5.35. The van der Waals surface area contributed by atoms with Crippen LogP contribution in [0.25, 0.3) is 11.0 Å². The number of thiophene rings is 1. The summed E-state index contributed by atoms with van der Waals surface area (Å²) in [5, 5.41) is 2.90. The van der Waals surface area contributed by atoms with Crippen molar-refractivity contribution < 1.29 is 4.79 Å². The highest BCUT2D eigenvalue weighted by atomic mass is 32.2. The summed E-state index contributed by atoms with van der Waals surface area (Å²) in [7, 11) is 3.83. The van der Waals surface area contributed by atoms with Crippen molar-refractivity contribution in [2.45, 2.75) is 11.7 Å². The van der Waals surface area contributed by atoms with Crippen molar-refractivity contribution in [1.82, 2.24) is 14.5 Å². The number of benzene rings is 1. The molecule has 0 N–H and O–H groups in total. The molecule has 0 aliphatic heterocycles. The lowest BCUT2D eigenvalue weighted by molar-refractivity contribution is -0.127. The number of hydrogen-bond acceptors (Lipinski definition) is 4. The van der Waals surface area contributed by atoms with E-state index in [1.807, 2.05) is 60.4 Å². The van der Waals surface area contributed by atoms with E-state index in [1.165, 1.54) is 16.6 Å². The second kappa shape index (κ2) is 6.54. The molecular weight excluding hydrogens is 314 g/mol. The molecule has 3 rings (SSSR count). The van der Waals surface area contributed by atoms with E-state index in [4.69, 9.17) is 0 Å². The van der Waals surface area contributed by atoms with Gasteiger partial charge in [-0.25, -0.2) is 4.98 Å². The van der Waals surface area contributed by atoms with Crippen molar-refractivity contribution in [2.75, 3.05) is 12.8 Å². The number of aryl methyl sites for hydroxylation is 1. The van der Waals surface area contributed by atoms with E-state index >= 15 is 0 Å². The largest absolute Gasteiger partial charge is 0.340 e. The van der Waals surface area contributed by atoms with Crippen molar-refractivity contribution in [1.29, 1.82) is 0 Å². The lowest BCUT2D eigenvalue weighted by Crippen LogP contribution is -2.27. The van der Waals surface area contributed by atoms with Crippen molar-refractivity contribution in [3.05, 3.63) is 46.7 Å². The van der Waals surface area contributed by atoms with Crippen molar-refractivity contribution in [3.8, 4) is 0 Å². The molecule has 0 aliphatic carbocycles. The summed E-state index contributed by atoms with van der Waals surface area (Å²) in [6.07, 6.45) is 0. The smallest absolute Gasteiger partial charge is 0.233 e. The molecular formula is C16H17N3OS2. The van der Waals surface area contributed by atoms with Gasteiger partial charge in [-0.3, -0.25) is 4.79 Å². The third kappa shape index (κ3) is 3.18. The van der Waals surface area contributed by atoms with Crippen molar-refractivity contribution in [3.63, 3.8) is 0 Å². The number of thioether (sulfide) groups is 1. The summed E-state index contributed by atoms with van der Waals surface area (Å²) < 4.78 is 2.03. The minimum absolute atomic E-state index is 0.116. The zero-order chi connectivity index (χ0) is 15.5. The number of fused-ring (bicyclic) bond motifs is 1. The van der Waals surface area contributed by atoms with Gasteiger partial charge in [-0.2, -0.15) is 0 Å². The van der Waals surface area contributed by atoms with Gasteiger partial charge in [0.1, 0.15) is 0 Å². The van der Waals surface area contributed by atoms with Crippen molar-refractivity contribution in [2.24, 2.45) is 7.05 Å². The highest BCUT2D eigenvalue weighted by molar-refractivity contribution is 7.99. The van der Waals surface area contributed by atoms with Gasteiger partial charge < -0.3 is 9.47 Å². The van der Waals surface area contributed by atoms with Crippen molar-refractivity contribution >= 4 is 40.0 Å². The maximum absolute atomic E-state index is 12.2. The van der Waals surface area contributed by atoms with Crippen LogP contribution in [0, 0.1) is 0 Å². The van der Waals surface area contributed by atoms with E-state index in [1.54, 1.807) is 16.2 Å². The Morgan fingerprint density at radius 1 is 1.32 bits per heavy atom. The molecule has 2 heterocycles. The first-order chi connectivity index (χ1) is 10.6. The van der Waals surface area contributed by atoms with Gasteiger partial charge in [0.2, 0.25) is 5.91 Å². The van der Waals surface area contributed by atoms with Crippen LogP contribution >= 0.6 is 23.1 Å². The number of amides is 1. The van der Waals surface area contributed by atoms with Gasteiger partial charge in [0.05, 0.1) is 23.3 Å². The summed E-state index contributed by atoms with van der Waals surface area (Å²) in [4.78, 5) is 19.8. The Morgan fingerprint density at radius 2 is 2.14 bits per heavy atom. The first-order valence-corrected chi connectivity index (χ1v) is 8.82. The number of imidazole rings is 1. The number of rotatable bonds is 5. The molecule has 3 aromatic rings. The standard InChI is InChI=1S/C16H17N3OS2/c1-18(10-12-6-5-9-21-12)15(20)11-22-16-17-13-7-3-4-8-14(13)19(16)2/h3-9H,10-11H2,1-2H3. The van der Waals surface area contributed by atoms with Crippen LogP contribution in [0.5, 0.6) is 0 Å². The minimum atomic E-state index is 0.116. The normalized spacial score (nSPS) is 11.0. The summed E-state index contributed by atoms with van der Waals surface area (Å²) >= 11 is 3.16. The van der Waals surface area contributed by atoms with Gasteiger partial charge in [0.15, 0.2) is 5.16 Å². The molecule has 0 fully saturated rings. The molecule has 1 amide bonds. The molecule has 0 bridgehead atoms. The fourth-order valence-electron chi connectivity index (χ4n) is 2.21. The Morgan fingerprint density at radius 3 is 2.86 bits per heavy atom. The second-order valence-corrected chi connectivity index (χ2v) is 7.03. The summed E-state index contributed by atoms with van der Waals surface area (Å²) in [6, 6.07) is 12.1. The molecule has 0 aliphatic rings. The van der Waals surface area contributed by atoms with Gasteiger partial charge >= 0.3 is 0 Å². The van der Waals surface area contributed by atoms with Crippen LogP contribution in [0.15, 0.2) is 46.9 Å². The zero-order valence-corrected chi connectivity index (χ0v) is 14.2. The first kappa shape index (κ1) is 15.1. The number of carbonyl (C=O) groups is 1. The van der Waals surface area contributed by atoms with Gasteiger partial charge in [-0.1, -0.05) is 30.0 Å². The molecule has 0 saturated heterocycles. The van der Waals surface area contributed by atoms with Crippen LogP contribution in [0.4, 0.5) is 0 Å². The number of hydrogen-bond donors (Lipinski definition) is 0. The zero-order valence-electron chi connectivity index (χ0n) is 12.5. The lowest BCUT2D eigenvalue weighted by atomic mass is 10.3. The molecule has 0 radical (unpaired) electrons. The highest BCUT2D eigenvalue weighted by Crippen LogP contribution is 2.23. The Kier molecular flexibility index (Phi) is 4.49. The summed E-state index contributed by atoms with van der Waals surface area (Å²) in [5.74, 6) is 0.518. The van der Waals surface area contributed by atoms with Crippen LogP contribution in [-0.4, -0.2) is 33.2 Å². The van der Waals surface area contributed by atoms with E-state index in [-0.39, 0.29) is 5.91 Å². The van der Waals surface area contributed by atoms with E-state index in [0.29, 0.717) is 12.3 Å². The number of para-hydroxylation sites is 2. The van der Waals surface area contributed by atoms with Gasteiger partial charge in [0, 0.05) is 19.0 Å². The predicted octanol–water partition coefficient (Wildman–Crippen LogP) is 3.39. The van der Waals surface area contributed by atoms with Crippen LogP contribution in [-0.2, 0) is 18.4 Å². The van der Waals surface area contributed by atoms with Crippen LogP contribution in [0.1, 0.15) is 4.88 Å². The molecule has 22 heavy (non-hydrogen) atoms. The second-order valence-electron chi connectivity index (χ2n) is 5.06. The van der Waals surface area contributed by atoms with Gasteiger partial charge in [-0.05, 0) is 23.6 Å². The topological polar surface area (TPSA) is 38.1 Å². The lowest BCUT2D eigenvalue weighted by Gasteiger charge is -2.15. The van der Waals surface area contributed by atoms with Gasteiger partial charge in [0.25, 0.3) is 0 Å². The maximum atomic E-state index is 12.2. The highest BCUT2D eigenvalue weighted by Gasteiger charge is 2.13. The summed E-state index contributed by atoms with van der Waals surface area (Å²) in [5.41, 5.74) is 2.05. The number of nitrogens with zero attached hydrogens (tertiary/aromatic N) is 3. The molecule has 4 nitrogen and oxygen atoms in total. The fourth-order valence-corrected chi connectivity index (χ4v) is 3.90. The number of aromatic nitrogens is 2. The van der Waals surface area contributed by atoms with Crippen LogP contribution in [0.3, 0.4) is 0 Å². The number of carbonyl (C=O) groups excluding carboxylic acids is 1. The van der Waals surface area contributed by atoms with Crippen LogP contribution in [0.2, 0.25) is 0 Å². The molecule has 6 heteroatoms.